The summed E-state index contributed by atoms with van der Waals surface area (Å²) in [6.07, 6.45) is -3.50. The molecule has 1 aliphatic rings. The van der Waals surface area contributed by atoms with Gasteiger partial charge in [0.05, 0.1) is 11.5 Å². The monoisotopic (exact) mass is 319 g/mol. The van der Waals surface area contributed by atoms with Gasteiger partial charge in [-0.3, -0.25) is 9.69 Å². The molecule has 3 nitrogen and oxygen atoms in total. The number of nitrogens with zero attached hydrogens (tertiary/aromatic N) is 1. The van der Waals surface area contributed by atoms with Crippen molar-refractivity contribution in [2.45, 2.75) is 38.5 Å². The number of piperidine rings is 1. The van der Waals surface area contributed by atoms with Crippen molar-refractivity contribution in [2.24, 2.45) is 5.92 Å². The maximum absolute atomic E-state index is 13.1. The smallest absolute Gasteiger partial charge is 0.416 e. The van der Waals surface area contributed by atoms with Gasteiger partial charge in [0.1, 0.15) is 5.82 Å². The van der Waals surface area contributed by atoms with Gasteiger partial charge in [-0.05, 0) is 44.0 Å². The van der Waals surface area contributed by atoms with Gasteiger partial charge < -0.3 is 5.11 Å². The third-order valence-electron chi connectivity index (χ3n) is 4.19. The molecule has 0 bridgehead atoms. The van der Waals surface area contributed by atoms with E-state index in [1.54, 1.807) is 11.8 Å². The number of carbonyl (C=O) groups is 1. The van der Waals surface area contributed by atoms with Crippen molar-refractivity contribution in [3.8, 4) is 0 Å². The highest BCUT2D eigenvalue weighted by Crippen LogP contribution is 2.34. The third-order valence-corrected chi connectivity index (χ3v) is 4.19. The lowest BCUT2D eigenvalue weighted by atomic mass is 9.89. The van der Waals surface area contributed by atoms with Gasteiger partial charge in [-0.1, -0.05) is 6.07 Å². The first-order valence-electron chi connectivity index (χ1n) is 7.02. The lowest BCUT2D eigenvalue weighted by Gasteiger charge is -2.37. The first-order valence-corrected chi connectivity index (χ1v) is 7.02. The third kappa shape index (κ3) is 3.58. The fourth-order valence-electron chi connectivity index (χ4n) is 2.94. The van der Waals surface area contributed by atoms with Gasteiger partial charge in [0.25, 0.3) is 0 Å². The van der Waals surface area contributed by atoms with Crippen LogP contribution < -0.4 is 0 Å². The maximum atomic E-state index is 13.1. The molecule has 0 saturated carbocycles. The van der Waals surface area contributed by atoms with E-state index in [0.29, 0.717) is 25.5 Å². The van der Waals surface area contributed by atoms with Crippen LogP contribution in [0.4, 0.5) is 17.6 Å². The Kier molecular flexibility index (Phi) is 4.75. The quantitative estimate of drug-likeness (QED) is 0.867. The molecule has 122 valence electrons. The summed E-state index contributed by atoms with van der Waals surface area (Å²) in [5.41, 5.74) is -1.04. The van der Waals surface area contributed by atoms with Crippen molar-refractivity contribution in [3.05, 3.63) is 35.1 Å². The van der Waals surface area contributed by atoms with Crippen LogP contribution in [0.15, 0.2) is 18.2 Å². The van der Waals surface area contributed by atoms with E-state index in [2.05, 4.69) is 0 Å². The maximum Gasteiger partial charge on any atom is 0.416 e. The molecule has 1 heterocycles. The summed E-state index contributed by atoms with van der Waals surface area (Å²) in [5, 5.41) is 9.16. The molecule has 0 spiro atoms. The molecule has 0 aliphatic carbocycles. The molecule has 0 aromatic heterocycles. The highest BCUT2D eigenvalue weighted by atomic mass is 19.4. The first-order chi connectivity index (χ1) is 10.2. The second-order valence-electron chi connectivity index (χ2n) is 5.60. The normalized spacial score (nSPS) is 23.5. The minimum Gasteiger partial charge on any atom is -0.481 e. The summed E-state index contributed by atoms with van der Waals surface area (Å²) < 4.78 is 52.1. The van der Waals surface area contributed by atoms with Gasteiger partial charge in [-0.25, -0.2) is 4.39 Å². The molecule has 2 atom stereocenters. The second-order valence-corrected chi connectivity index (χ2v) is 5.60. The molecule has 7 heteroatoms. The molecule has 22 heavy (non-hydrogen) atoms. The van der Waals surface area contributed by atoms with E-state index in [9.17, 15) is 22.4 Å². The summed E-state index contributed by atoms with van der Waals surface area (Å²) in [4.78, 5) is 12.9. The Bertz CT molecular complexity index is 559. The number of benzene rings is 1. The summed E-state index contributed by atoms with van der Waals surface area (Å²) in [5.74, 6) is -2.47. The fraction of sp³-hybridized carbons (Fsp3) is 0.533. The van der Waals surface area contributed by atoms with Gasteiger partial charge in [0.15, 0.2) is 0 Å². The molecular weight excluding hydrogens is 302 g/mol. The number of likely N-dealkylation sites (tertiary alicyclic amines) is 1. The zero-order valence-corrected chi connectivity index (χ0v) is 12.0. The number of rotatable bonds is 3. The van der Waals surface area contributed by atoms with Crippen molar-refractivity contribution in [1.29, 1.82) is 0 Å². The number of halogens is 4. The summed E-state index contributed by atoms with van der Waals surface area (Å²) >= 11 is 0. The van der Waals surface area contributed by atoms with Crippen molar-refractivity contribution in [2.75, 3.05) is 6.54 Å². The van der Waals surface area contributed by atoms with Crippen molar-refractivity contribution >= 4 is 5.97 Å². The lowest BCUT2D eigenvalue weighted by Crippen LogP contribution is -2.45. The minimum absolute atomic E-state index is 0.0354. The Morgan fingerprint density at radius 2 is 2.09 bits per heavy atom. The van der Waals surface area contributed by atoms with Crippen LogP contribution in [-0.4, -0.2) is 28.6 Å². The van der Waals surface area contributed by atoms with Crippen molar-refractivity contribution < 1.29 is 27.5 Å². The lowest BCUT2D eigenvalue weighted by molar-refractivity contribution is -0.146. The largest absolute Gasteiger partial charge is 0.481 e. The number of hydrogen-bond donors (Lipinski definition) is 1. The topological polar surface area (TPSA) is 40.5 Å². The molecular formula is C15H17F4NO2. The number of carboxylic acids is 1. The van der Waals surface area contributed by atoms with Crippen LogP contribution in [0.2, 0.25) is 0 Å². The van der Waals surface area contributed by atoms with Crippen LogP contribution >= 0.6 is 0 Å². The van der Waals surface area contributed by atoms with E-state index in [0.717, 1.165) is 12.1 Å². The van der Waals surface area contributed by atoms with E-state index in [-0.39, 0.29) is 18.2 Å². The Hall–Kier alpha value is -1.63. The summed E-state index contributed by atoms with van der Waals surface area (Å²) in [6, 6.07) is 2.24. The molecule has 1 N–H and O–H groups in total. The first kappa shape index (κ1) is 16.7. The van der Waals surface area contributed by atoms with E-state index in [1.807, 2.05) is 0 Å². The average Bonchev–Trinajstić information content (AvgIpc) is 2.41. The molecule has 0 radical (unpaired) electrons. The number of aliphatic carboxylic acids is 1. The van der Waals surface area contributed by atoms with Crippen LogP contribution in [-0.2, 0) is 17.5 Å². The summed E-state index contributed by atoms with van der Waals surface area (Å²) in [6.45, 7) is 2.19. The van der Waals surface area contributed by atoms with E-state index >= 15 is 0 Å². The van der Waals surface area contributed by atoms with E-state index in [4.69, 9.17) is 5.11 Å². The predicted octanol–water partition coefficient (Wildman–Crippen LogP) is 3.53. The van der Waals surface area contributed by atoms with Crippen LogP contribution in [0.5, 0.6) is 0 Å². The van der Waals surface area contributed by atoms with Crippen molar-refractivity contribution in [3.63, 3.8) is 0 Å². The Balaban J connectivity index is 2.25. The van der Waals surface area contributed by atoms with Gasteiger partial charge in [-0.2, -0.15) is 13.2 Å². The highest BCUT2D eigenvalue weighted by Gasteiger charge is 2.37. The van der Waals surface area contributed by atoms with Crippen LogP contribution in [0, 0.1) is 11.7 Å². The molecule has 0 unspecified atom stereocenters. The Labute approximate surface area is 125 Å². The van der Waals surface area contributed by atoms with Crippen LogP contribution in [0.3, 0.4) is 0 Å². The molecule has 1 aliphatic heterocycles. The van der Waals surface area contributed by atoms with Gasteiger partial charge in [0, 0.05) is 12.6 Å². The van der Waals surface area contributed by atoms with Gasteiger partial charge in [-0.15, -0.1) is 0 Å². The van der Waals surface area contributed by atoms with Crippen LogP contribution in [0.1, 0.15) is 30.9 Å². The molecule has 2 rings (SSSR count). The van der Waals surface area contributed by atoms with E-state index in [1.165, 1.54) is 0 Å². The van der Waals surface area contributed by atoms with E-state index < -0.39 is 29.4 Å². The zero-order chi connectivity index (χ0) is 16.5. The fourth-order valence-corrected chi connectivity index (χ4v) is 2.94. The molecule has 1 saturated heterocycles. The SMILES string of the molecule is C[C@@H]1[C@H](C(=O)O)CCCN1Cc1ccc(F)cc1C(F)(F)F. The Morgan fingerprint density at radius 1 is 1.41 bits per heavy atom. The molecule has 1 fully saturated rings. The number of hydrogen-bond acceptors (Lipinski definition) is 2. The number of alkyl halides is 3. The predicted molar refractivity (Wildman–Crippen MR) is 71.6 cm³/mol. The van der Waals surface area contributed by atoms with Crippen molar-refractivity contribution in [1.82, 2.24) is 4.90 Å². The van der Waals surface area contributed by atoms with Crippen LogP contribution in [0.25, 0.3) is 0 Å². The molecule has 0 amide bonds. The minimum atomic E-state index is -4.64. The Morgan fingerprint density at radius 3 is 2.68 bits per heavy atom. The highest BCUT2D eigenvalue weighted by molar-refractivity contribution is 5.71. The molecule has 1 aromatic rings. The van der Waals surface area contributed by atoms with Gasteiger partial charge in [0.2, 0.25) is 0 Å². The van der Waals surface area contributed by atoms with Gasteiger partial charge >= 0.3 is 12.1 Å². The second kappa shape index (κ2) is 6.24. The molecule has 1 aromatic carbocycles. The average molecular weight is 319 g/mol. The standard InChI is InChI=1S/C15H17F4NO2/c1-9-12(14(21)22)3-2-6-20(9)8-10-4-5-11(16)7-13(10)15(17,18)19/h4-5,7,9,12H,2-3,6,8H2,1H3,(H,21,22)/t9-,12-/m1/s1. The summed E-state index contributed by atoms with van der Waals surface area (Å²) in [7, 11) is 0. The number of carboxylic acid groups (broad SMARTS) is 1. The zero-order valence-electron chi connectivity index (χ0n) is 12.0.